The Bertz CT molecular complexity index is 472. The van der Waals surface area contributed by atoms with Crippen LogP contribution in [-0.4, -0.2) is 25.3 Å². The highest BCUT2D eigenvalue weighted by molar-refractivity contribution is 5.72. The lowest BCUT2D eigenvalue weighted by atomic mass is 9.80. The number of carboxylic acids is 1. The highest BCUT2D eigenvalue weighted by atomic mass is 16.5. The number of nitrogens with two attached hydrogens (primary N) is 1. The summed E-state index contributed by atoms with van der Waals surface area (Å²) in [6.07, 6.45) is 0.852. The number of carbonyl (C=O) groups is 1. The first kappa shape index (κ1) is 12.7. The molecule has 0 aromatic heterocycles. The molecule has 0 aliphatic heterocycles. The van der Waals surface area contributed by atoms with Gasteiger partial charge in [0, 0.05) is 17.2 Å². The second kappa shape index (κ2) is 4.86. The summed E-state index contributed by atoms with van der Waals surface area (Å²) in [5.41, 5.74) is 7.80. The predicted molar refractivity (Wildman–Crippen MR) is 65.9 cm³/mol. The second-order valence-electron chi connectivity index (χ2n) is 4.44. The Morgan fingerprint density at radius 2 is 1.94 bits per heavy atom. The van der Waals surface area contributed by atoms with E-state index in [-0.39, 0.29) is 6.04 Å². The van der Waals surface area contributed by atoms with Crippen molar-refractivity contribution in [3.05, 3.63) is 23.3 Å². The van der Waals surface area contributed by atoms with E-state index in [0.717, 1.165) is 11.1 Å². The van der Waals surface area contributed by atoms with E-state index < -0.39 is 11.9 Å². The lowest BCUT2D eigenvalue weighted by Gasteiger charge is -2.29. The number of rotatable bonds is 3. The van der Waals surface area contributed by atoms with Crippen molar-refractivity contribution in [1.82, 2.24) is 0 Å². The molecule has 0 radical (unpaired) electrons. The Kier molecular flexibility index (Phi) is 3.43. The summed E-state index contributed by atoms with van der Waals surface area (Å²) in [6, 6.07) is 3.26. The van der Waals surface area contributed by atoms with Gasteiger partial charge in [0.2, 0.25) is 0 Å². The molecule has 0 amide bonds. The van der Waals surface area contributed by atoms with Gasteiger partial charge in [-0.3, -0.25) is 4.79 Å². The SMILES string of the molecule is COc1ccc(OC)c2c1CC(C(=O)O)CC2N. The molecular weight excluding hydrogens is 234 g/mol. The molecule has 1 aliphatic rings. The van der Waals surface area contributed by atoms with Crippen LogP contribution in [0.2, 0.25) is 0 Å². The number of aliphatic carboxylic acids is 1. The van der Waals surface area contributed by atoms with Crippen LogP contribution in [0.15, 0.2) is 12.1 Å². The molecule has 1 aromatic rings. The fourth-order valence-corrected chi connectivity index (χ4v) is 2.55. The molecule has 3 N–H and O–H groups in total. The molecular formula is C13H17NO4. The highest BCUT2D eigenvalue weighted by Gasteiger charge is 2.33. The van der Waals surface area contributed by atoms with Gasteiger partial charge in [0.1, 0.15) is 11.5 Å². The van der Waals surface area contributed by atoms with Gasteiger partial charge < -0.3 is 20.3 Å². The number of carboxylic acid groups (broad SMARTS) is 1. The van der Waals surface area contributed by atoms with E-state index in [2.05, 4.69) is 0 Å². The monoisotopic (exact) mass is 251 g/mol. The molecule has 5 nitrogen and oxygen atoms in total. The zero-order valence-electron chi connectivity index (χ0n) is 10.5. The first-order valence-corrected chi connectivity index (χ1v) is 5.80. The average molecular weight is 251 g/mol. The fraction of sp³-hybridized carbons (Fsp3) is 0.462. The molecule has 2 rings (SSSR count). The van der Waals surface area contributed by atoms with E-state index in [9.17, 15) is 4.79 Å². The second-order valence-corrected chi connectivity index (χ2v) is 4.44. The van der Waals surface area contributed by atoms with Gasteiger partial charge in [0.25, 0.3) is 0 Å². The standard InChI is InChI=1S/C13H17NO4/c1-17-10-3-4-11(18-2)12-8(10)5-7(13(15)16)6-9(12)14/h3-4,7,9H,5-6,14H2,1-2H3,(H,15,16). The van der Waals surface area contributed by atoms with Crippen molar-refractivity contribution < 1.29 is 19.4 Å². The Balaban J connectivity index is 2.52. The molecule has 98 valence electrons. The van der Waals surface area contributed by atoms with E-state index in [1.165, 1.54) is 0 Å². The summed E-state index contributed by atoms with van der Waals surface area (Å²) in [6.45, 7) is 0. The van der Waals surface area contributed by atoms with Crippen LogP contribution >= 0.6 is 0 Å². The van der Waals surface area contributed by atoms with E-state index >= 15 is 0 Å². The van der Waals surface area contributed by atoms with Gasteiger partial charge in [-0.1, -0.05) is 0 Å². The molecule has 0 fully saturated rings. The lowest BCUT2D eigenvalue weighted by Crippen LogP contribution is -2.29. The van der Waals surface area contributed by atoms with E-state index in [1.807, 2.05) is 0 Å². The number of ether oxygens (including phenoxy) is 2. The Morgan fingerprint density at radius 3 is 2.50 bits per heavy atom. The van der Waals surface area contributed by atoms with Crippen LogP contribution < -0.4 is 15.2 Å². The number of benzene rings is 1. The van der Waals surface area contributed by atoms with E-state index in [1.54, 1.807) is 26.4 Å². The summed E-state index contributed by atoms with van der Waals surface area (Å²) in [5, 5.41) is 9.14. The zero-order chi connectivity index (χ0) is 13.3. The smallest absolute Gasteiger partial charge is 0.306 e. The predicted octanol–water partition coefficient (Wildman–Crippen LogP) is 1.35. The minimum Gasteiger partial charge on any atom is -0.496 e. The van der Waals surface area contributed by atoms with Crippen molar-refractivity contribution in [2.75, 3.05) is 14.2 Å². The maximum absolute atomic E-state index is 11.1. The van der Waals surface area contributed by atoms with Crippen molar-refractivity contribution >= 4 is 5.97 Å². The first-order valence-electron chi connectivity index (χ1n) is 5.80. The van der Waals surface area contributed by atoms with E-state index in [4.69, 9.17) is 20.3 Å². The molecule has 0 spiro atoms. The average Bonchev–Trinajstić information content (AvgIpc) is 2.37. The molecule has 0 bridgehead atoms. The topological polar surface area (TPSA) is 81.8 Å². The van der Waals surface area contributed by atoms with Crippen molar-refractivity contribution in [1.29, 1.82) is 0 Å². The van der Waals surface area contributed by atoms with Crippen molar-refractivity contribution in [2.24, 2.45) is 11.7 Å². The van der Waals surface area contributed by atoms with Crippen LogP contribution in [0.4, 0.5) is 0 Å². The third kappa shape index (κ3) is 2.01. The fourth-order valence-electron chi connectivity index (χ4n) is 2.55. The van der Waals surface area contributed by atoms with Gasteiger partial charge in [-0.25, -0.2) is 0 Å². The van der Waals surface area contributed by atoms with E-state index in [0.29, 0.717) is 24.3 Å². The van der Waals surface area contributed by atoms with Gasteiger partial charge in [-0.2, -0.15) is 0 Å². The molecule has 1 aliphatic carbocycles. The van der Waals surface area contributed by atoms with Crippen molar-refractivity contribution in [3.63, 3.8) is 0 Å². The highest BCUT2D eigenvalue weighted by Crippen LogP contribution is 2.42. The van der Waals surface area contributed by atoms with Crippen LogP contribution in [0.5, 0.6) is 11.5 Å². The molecule has 18 heavy (non-hydrogen) atoms. The van der Waals surface area contributed by atoms with Crippen LogP contribution in [0.3, 0.4) is 0 Å². The van der Waals surface area contributed by atoms with Crippen LogP contribution in [-0.2, 0) is 11.2 Å². The number of methoxy groups -OCH3 is 2. The summed E-state index contributed by atoms with van der Waals surface area (Å²) < 4.78 is 10.6. The van der Waals surface area contributed by atoms with Gasteiger partial charge in [0.05, 0.1) is 20.1 Å². The van der Waals surface area contributed by atoms with Crippen LogP contribution in [0.1, 0.15) is 23.6 Å². The number of hydrogen-bond donors (Lipinski definition) is 2. The molecule has 0 heterocycles. The third-order valence-electron chi connectivity index (χ3n) is 3.42. The summed E-state index contributed by atoms with van der Waals surface area (Å²) in [5.74, 6) is 0.0869. The Hall–Kier alpha value is -1.75. The maximum Gasteiger partial charge on any atom is 0.306 e. The molecule has 2 unspecified atom stereocenters. The molecule has 1 aromatic carbocycles. The summed E-state index contributed by atoms with van der Waals surface area (Å²) in [4.78, 5) is 11.1. The quantitative estimate of drug-likeness (QED) is 0.847. The Morgan fingerprint density at radius 1 is 1.33 bits per heavy atom. The molecule has 2 atom stereocenters. The zero-order valence-corrected chi connectivity index (χ0v) is 10.5. The minimum absolute atomic E-state index is 0.333. The van der Waals surface area contributed by atoms with Gasteiger partial charge >= 0.3 is 5.97 Å². The van der Waals surface area contributed by atoms with Gasteiger partial charge in [-0.15, -0.1) is 0 Å². The normalized spacial score (nSPS) is 22.2. The lowest BCUT2D eigenvalue weighted by molar-refractivity contribution is -0.142. The molecule has 0 saturated carbocycles. The van der Waals surface area contributed by atoms with Crippen molar-refractivity contribution in [2.45, 2.75) is 18.9 Å². The molecule has 0 saturated heterocycles. The molecule has 5 heteroatoms. The first-order chi connectivity index (χ1) is 8.58. The van der Waals surface area contributed by atoms with Gasteiger partial charge in [-0.05, 0) is 25.0 Å². The minimum atomic E-state index is -0.819. The maximum atomic E-state index is 11.1. The number of hydrogen-bond acceptors (Lipinski definition) is 4. The largest absolute Gasteiger partial charge is 0.496 e. The summed E-state index contributed by atoms with van der Waals surface area (Å²) in [7, 11) is 3.15. The number of fused-ring (bicyclic) bond motifs is 1. The Labute approximate surface area is 106 Å². The van der Waals surface area contributed by atoms with Crippen molar-refractivity contribution in [3.8, 4) is 11.5 Å². The van der Waals surface area contributed by atoms with Crippen LogP contribution in [0.25, 0.3) is 0 Å². The van der Waals surface area contributed by atoms with Crippen LogP contribution in [0, 0.1) is 5.92 Å². The third-order valence-corrected chi connectivity index (χ3v) is 3.42. The van der Waals surface area contributed by atoms with Gasteiger partial charge in [0.15, 0.2) is 0 Å². The summed E-state index contributed by atoms with van der Waals surface area (Å²) >= 11 is 0.